The predicted octanol–water partition coefficient (Wildman–Crippen LogP) is 1.65. The zero-order valence-electron chi connectivity index (χ0n) is 13.3. The molecule has 2 unspecified atom stereocenters. The van der Waals surface area contributed by atoms with Crippen molar-refractivity contribution in [1.82, 2.24) is 5.32 Å². The number of benzene rings is 1. The van der Waals surface area contributed by atoms with Gasteiger partial charge in [0, 0.05) is 36.4 Å². The van der Waals surface area contributed by atoms with Gasteiger partial charge in [0.2, 0.25) is 0 Å². The van der Waals surface area contributed by atoms with Gasteiger partial charge in [-0.1, -0.05) is 6.07 Å². The van der Waals surface area contributed by atoms with Crippen LogP contribution in [0.4, 0.5) is 5.69 Å². The number of hydrogen-bond acceptors (Lipinski definition) is 5. The predicted molar refractivity (Wildman–Crippen MR) is 83.8 cm³/mol. The first kappa shape index (κ1) is 16.1. The summed E-state index contributed by atoms with van der Waals surface area (Å²) in [6, 6.07) is 5.85. The molecule has 1 fully saturated rings. The molecule has 0 bridgehead atoms. The van der Waals surface area contributed by atoms with E-state index in [1.54, 1.807) is 6.07 Å². The molecule has 0 radical (unpaired) electrons. The quantitative estimate of drug-likeness (QED) is 0.788. The largest absolute Gasteiger partial charge is 0.508 e. The molecule has 1 heterocycles. The van der Waals surface area contributed by atoms with Crippen molar-refractivity contribution in [3.8, 4) is 5.75 Å². The third-order valence-corrected chi connectivity index (χ3v) is 3.96. The molecule has 0 spiro atoms. The van der Waals surface area contributed by atoms with Crippen LogP contribution in [0, 0.1) is 0 Å². The number of rotatable bonds is 4. The molecular weight excluding hydrogens is 268 g/mol. The summed E-state index contributed by atoms with van der Waals surface area (Å²) >= 11 is 0. The highest BCUT2D eigenvalue weighted by Crippen LogP contribution is 2.32. The molecule has 0 saturated carbocycles. The van der Waals surface area contributed by atoms with Crippen LogP contribution in [0.2, 0.25) is 0 Å². The van der Waals surface area contributed by atoms with Gasteiger partial charge in [-0.15, -0.1) is 0 Å². The number of nitrogens with one attached hydrogen (secondary N) is 1. The summed E-state index contributed by atoms with van der Waals surface area (Å²) in [7, 11) is 1.87. The number of aliphatic hydroxyl groups excluding tert-OH is 1. The fourth-order valence-electron chi connectivity index (χ4n) is 2.84. The summed E-state index contributed by atoms with van der Waals surface area (Å²) < 4.78 is 5.82. The minimum Gasteiger partial charge on any atom is -0.508 e. The van der Waals surface area contributed by atoms with E-state index in [9.17, 15) is 10.2 Å². The van der Waals surface area contributed by atoms with Crippen molar-refractivity contribution < 1.29 is 14.9 Å². The van der Waals surface area contributed by atoms with Crippen LogP contribution in [-0.2, 0) is 4.74 Å². The molecule has 1 saturated heterocycles. The summed E-state index contributed by atoms with van der Waals surface area (Å²) in [6.45, 7) is 7.39. The van der Waals surface area contributed by atoms with Gasteiger partial charge in [-0.3, -0.25) is 0 Å². The Balaban J connectivity index is 2.23. The van der Waals surface area contributed by atoms with Crippen molar-refractivity contribution in [2.24, 2.45) is 0 Å². The van der Waals surface area contributed by atoms with Crippen molar-refractivity contribution in [3.05, 3.63) is 23.8 Å². The highest BCUT2D eigenvalue weighted by atomic mass is 16.5. The molecule has 1 aliphatic rings. The number of phenols is 1. The molecule has 0 aromatic heterocycles. The Morgan fingerprint density at radius 2 is 2.19 bits per heavy atom. The Hall–Kier alpha value is -1.30. The monoisotopic (exact) mass is 294 g/mol. The number of phenolic OH excluding ortho intramolecular Hbond substituents is 1. The van der Waals surface area contributed by atoms with Gasteiger partial charge >= 0.3 is 0 Å². The van der Waals surface area contributed by atoms with Crippen LogP contribution < -0.4 is 10.2 Å². The van der Waals surface area contributed by atoms with Crippen LogP contribution in [-0.4, -0.2) is 48.7 Å². The lowest BCUT2D eigenvalue weighted by Crippen LogP contribution is -2.54. The van der Waals surface area contributed by atoms with E-state index in [-0.39, 0.29) is 24.4 Å². The molecule has 21 heavy (non-hydrogen) atoms. The lowest BCUT2D eigenvalue weighted by Gasteiger charge is -2.43. The van der Waals surface area contributed by atoms with E-state index in [0.717, 1.165) is 17.8 Å². The number of nitrogens with zero attached hydrogens (tertiary/aromatic N) is 1. The van der Waals surface area contributed by atoms with Crippen molar-refractivity contribution >= 4 is 5.69 Å². The van der Waals surface area contributed by atoms with E-state index in [1.807, 2.05) is 40.0 Å². The highest BCUT2D eigenvalue weighted by Gasteiger charge is 2.33. The van der Waals surface area contributed by atoms with Gasteiger partial charge in [-0.25, -0.2) is 0 Å². The normalized spacial score (nSPS) is 23.1. The second-order valence-electron chi connectivity index (χ2n) is 6.32. The van der Waals surface area contributed by atoms with Crippen LogP contribution in [0.25, 0.3) is 0 Å². The van der Waals surface area contributed by atoms with E-state index < -0.39 is 0 Å². The molecule has 2 atom stereocenters. The molecule has 0 aliphatic carbocycles. The van der Waals surface area contributed by atoms with Gasteiger partial charge in [0.1, 0.15) is 5.75 Å². The maximum absolute atomic E-state index is 10.2. The van der Waals surface area contributed by atoms with Gasteiger partial charge in [0.25, 0.3) is 0 Å². The number of ether oxygens (including phenoxy) is 1. The molecule has 118 valence electrons. The van der Waals surface area contributed by atoms with Crippen LogP contribution in [0.1, 0.15) is 32.4 Å². The van der Waals surface area contributed by atoms with Crippen molar-refractivity contribution in [3.63, 3.8) is 0 Å². The minimum atomic E-state index is -0.321. The summed E-state index contributed by atoms with van der Waals surface area (Å²) in [5.41, 5.74) is 1.51. The van der Waals surface area contributed by atoms with E-state index in [0.29, 0.717) is 12.3 Å². The Kier molecular flexibility index (Phi) is 4.76. The Bertz CT molecular complexity index is 490. The summed E-state index contributed by atoms with van der Waals surface area (Å²) in [5, 5.41) is 22.7. The van der Waals surface area contributed by atoms with Crippen LogP contribution >= 0.6 is 0 Å². The first-order chi connectivity index (χ1) is 9.86. The Morgan fingerprint density at radius 1 is 1.48 bits per heavy atom. The topological polar surface area (TPSA) is 65.0 Å². The van der Waals surface area contributed by atoms with Gasteiger partial charge < -0.3 is 25.2 Å². The van der Waals surface area contributed by atoms with Gasteiger partial charge in [0.05, 0.1) is 18.3 Å². The number of aromatic hydroxyl groups is 1. The highest BCUT2D eigenvalue weighted by molar-refractivity contribution is 5.54. The van der Waals surface area contributed by atoms with E-state index in [2.05, 4.69) is 10.2 Å². The molecule has 5 heteroatoms. The fourth-order valence-corrected chi connectivity index (χ4v) is 2.84. The van der Waals surface area contributed by atoms with Gasteiger partial charge in [-0.2, -0.15) is 0 Å². The third kappa shape index (κ3) is 3.67. The average molecular weight is 294 g/mol. The van der Waals surface area contributed by atoms with Crippen LogP contribution in [0.5, 0.6) is 5.75 Å². The Morgan fingerprint density at radius 3 is 2.76 bits per heavy atom. The molecule has 3 N–H and O–H groups in total. The van der Waals surface area contributed by atoms with E-state index in [1.165, 1.54) is 0 Å². The zero-order chi connectivity index (χ0) is 15.6. The minimum absolute atomic E-state index is 0.000778. The maximum Gasteiger partial charge on any atom is 0.122 e. The summed E-state index contributed by atoms with van der Waals surface area (Å²) in [5.74, 6) is 0.291. The molecule has 1 aromatic rings. The first-order valence-corrected chi connectivity index (χ1v) is 7.40. The second kappa shape index (κ2) is 6.22. The summed E-state index contributed by atoms with van der Waals surface area (Å²) in [6.07, 6.45) is -0.202. The van der Waals surface area contributed by atoms with Gasteiger partial charge in [-0.05, 0) is 33.9 Å². The fraction of sp³-hybridized carbons (Fsp3) is 0.625. The number of aliphatic hydroxyl groups is 1. The molecular formula is C16H26N2O3. The Labute approximate surface area is 126 Å². The van der Waals surface area contributed by atoms with E-state index in [4.69, 9.17) is 4.74 Å². The second-order valence-corrected chi connectivity index (χ2v) is 6.32. The molecule has 2 rings (SSSR count). The summed E-state index contributed by atoms with van der Waals surface area (Å²) in [4.78, 5) is 2.15. The maximum atomic E-state index is 10.2. The number of morpholine rings is 1. The zero-order valence-corrected chi connectivity index (χ0v) is 13.3. The van der Waals surface area contributed by atoms with Crippen molar-refractivity contribution in [2.45, 2.75) is 38.5 Å². The standard InChI is InChI=1S/C16H26N2O3/c1-11(17-4)14-6-5-12(7-15(14)20)18-8-13(9-19)21-16(2,3)10-18/h5-7,11,13,17,19-20H,8-10H2,1-4H3. The first-order valence-electron chi connectivity index (χ1n) is 7.40. The van der Waals surface area contributed by atoms with Crippen molar-refractivity contribution in [1.29, 1.82) is 0 Å². The SMILES string of the molecule is CNC(C)c1ccc(N2CC(CO)OC(C)(C)C2)cc1O. The number of hydrogen-bond donors (Lipinski definition) is 3. The van der Waals surface area contributed by atoms with Crippen LogP contribution in [0.15, 0.2) is 18.2 Å². The molecule has 1 aliphatic heterocycles. The third-order valence-electron chi connectivity index (χ3n) is 3.96. The smallest absolute Gasteiger partial charge is 0.122 e. The number of anilines is 1. The van der Waals surface area contributed by atoms with Crippen molar-refractivity contribution in [2.75, 3.05) is 31.6 Å². The molecule has 0 amide bonds. The lowest BCUT2D eigenvalue weighted by atomic mass is 10.0. The van der Waals surface area contributed by atoms with Crippen LogP contribution in [0.3, 0.4) is 0 Å². The average Bonchev–Trinajstić information content (AvgIpc) is 2.44. The molecule has 5 nitrogen and oxygen atoms in total. The van der Waals surface area contributed by atoms with E-state index >= 15 is 0 Å². The molecule has 1 aromatic carbocycles. The van der Waals surface area contributed by atoms with Gasteiger partial charge in [0.15, 0.2) is 0 Å². The lowest BCUT2D eigenvalue weighted by molar-refractivity contribution is -0.101.